The Morgan fingerprint density at radius 3 is 1.46 bits per heavy atom. The molecule has 0 saturated carbocycles. The van der Waals surface area contributed by atoms with Gasteiger partial charge in [-0.3, -0.25) is 0 Å². The van der Waals surface area contributed by atoms with Gasteiger partial charge in [0.1, 0.15) is 0 Å². The summed E-state index contributed by atoms with van der Waals surface area (Å²) in [4.78, 5) is 0. The molecule has 0 saturated heterocycles. The van der Waals surface area contributed by atoms with Crippen molar-refractivity contribution < 1.29 is 0 Å². The molecule has 11 rings (SSSR count). The fourth-order valence-corrected chi connectivity index (χ4v) is 10.5. The van der Waals surface area contributed by atoms with Crippen molar-refractivity contribution in [2.24, 2.45) is 0 Å². The quantitative estimate of drug-likeness (QED) is 0.164. The van der Waals surface area contributed by atoms with Crippen LogP contribution in [0.25, 0.3) is 106 Å². The van der Waals surface area contributed by atoms with E-state index >= 15 is 0 Å². The van der Waals surface area contributed by atoms with Crippen molar-refractivity contribution in [3.8, 4) is 33.4 Å². The molecule has 0 amide bonds. The van der Waals surface area contributed by atoms with Crippen LogP contribution < -0.4 is 0 Å². The highest BCUT2D eigenvalue weighted by atomic mass is 32.1. The summed E-state index contributed by atoms with van der Waals surface area (Å²) in [5.41, 5.74) is 7.56. The number of rotatable bonds is 3. The molecular formula is C48H28S2. The molecule has 0 radical (unpaired) electrons. The zero-order valence-corrected chi connectivity index (χ0v) is 28.6. The third-order valence-electron chi connectivity index (χ3n) is 10.5. The topological polar surface area (TPSA) is 0 Å². The number of fused-ring (bicyclic) bond motifs is 10. The summed E-state index contributed by atoms with van der Waals surface area (Å²) in [6, 6.07) is 63.0. The average molecular weight is 669 g/mol. The lowest BCUT2D eigenvalue weighted by Crippen LogP contribution is -1.90. The lowest BCUT2D eigenvalue weighted by molar-refractivity contribution is 1.63. The highest BCUT2D eigenvalue weighted by molar-refractivity contribution is 7.28. The van der Waals surface area contributed by atoms with Crippen LogP contribution in [0, 0.1) is 0 Å². The standard InChI is InChI=1S/C48H28S2/c1-2-11-31(12-3-1)46-35-14-6-8-16-37(35)47(38-17-9-7-15-36(38)46)32-20-18-29(19-21-32)33-23-24-42-39(26-33)40-27-41-45(28-44(40)49-42)50-43-25-22-30-10-4-5-13-34(30)48(41)43/h1-28H. The molecule has 2 heteroatoms. The van der Waals surface area contributed by atoms with Gasteiger partial charge in [0.25, 0.3) is 0 Å². The van der Waals surface area contributed by atoms with E-state index in [9.17, 15) is 0 Å². The molecule has 0 aliphatic rings. The molecule has 2 aromatic heterocycles. The molecule has 0 nitrogen and oxygen atoms in total. The summed E-state index contributed by atoms with van der Waals surface area (Å²) >= 11 is 3.81. The summed E-state index contributed by atoms with van der Waals surface area (Å²) in [7, 11) is 0. The van der Waals surface area contributed by atoms with Gasteiger partial charge in [-0.1, -0.05) is 140 Å². The second-order valence-electron chi connectivity index (χ2n) is 13.2. The van der Waals surface area contributed by atoms with Crippen LogP contribution in [0.15, 0.2) is 170 Å². The molecule has 2 heterocycles. The molecule has 0 bridgehead atoms. The van der Waals surface area contributed by atoms with Crippen LogP contribution in [0.1, 0.15) is 0 Å². The number of hydrogen-bond acceptors (Lipinski definition) is 2. The highest BCUT2D eigenvalue weighted by Crippen LogP contribution is 2.46. The van der Waals surface area contributed by atoms with E-state index in [0.29, 0.717) is 0 Å². The minimum absolute atomic E-state index is 1.23. The van der Waals surface area contributed by atoms with Crippen LogP contribution in [0.4, 0.5) is 0 Å². The Kier molecular flexibility index (Phi) is 6.09. The van der Waals surface area contributed by atoms with E-state index in [2.05, 4.69) is 170 Å². The molecule has 0 aliphatic carbocycles. The van der Waals surface area contributed by atoms with Crippen LogP contribution in [-0.4, -0.2) is 0 Å². The van der Waals surface area contributed by atoms with E-state index in [4.69, 9.17) is 0 Å². The third-order valence-corrected chi connectivity index (χ3v) is 12.7. The van der Waals surface area contributed by atoms with Crippen LogP contribution in [-0.2, 0) is 0 Å². The Morgan fingerprint density at radius 1 is 0.260 bits per heavy atom. The monoisotopic (exact) mass is 668 g/mol. The lowest BCUT2D eigenvalue weighted by atomic mass is 9.86. The molecule has 0 fully saturated rings. The van der Waals surface area contributed by atoms with Crippen LogP contribution in [0.3, 0.4) is 0 Å². The van der Waals surface area contributed by atoms with Gasteiger partial charge >= 0.3 is 0 Å². The normalized spacial score (nSPS) is 12.0. The Balaban J connectivity index is 1.06. The highest BCUT2D eigenvalue weighted by Gasteiger charge is 2.17. The summed E-state index contributed by atoms with van der Waals surface area (Å²) in [5, 5.41) is 13.2. The SMILES string of the molecule is c1ccc(-c2c3ccccc3c(-c3ccc(-c4ccc5sc6cc7sc8ccc9ccccc9c8c7cc6c5c4)cc3)c3ccccc23)cc1. The first-order valence-corrected chi connectivity index (χ1v) is 18.7. The summed E-state index contributed by atoms with van der Waals surface area (Å²) in [5.74, 6) is 0. The fourth-order valence-electron chi connectivity index (χ4n) is 8.18. The fraction of sp³-hybridized carbons (Fsp3) is 0. The summed E-state index contributed by atoms with van der Waals surface area (Å²) in [6.45, 7) is 0. The Bertz CT molecular complexity index is 3070. The van der Waals surface area contributed by atoms with E-state index in [-0.39, 0.29) is 0 Å². The van der Waals surface area contributed by atoms with Crippen molar-refractivity contribution in [3.05, 3.63) is 170 Å². The molecule has 9 aromatic carbocycles. The maximum atomic E-state index is 2.46. The van der Waals surface area contributed by atoms with Gasteiger partial charge in [-0.05, 0) is 96.0 Å². The molecule has 0 unspecified atom stereocenters. The predicted octanol–water partition coefficient (Wildman–Crippen LogP) is 14.9. The van der Waals surface area contributed by atoms with Gasteiger partial charge < -0.3 is 0 Å². The number of benzene rings is 9. The smallest absolute Gasteiger partial charge is 0.0370 e. The maximum absolute atomic E-state index is 2.46. The van der Waals surface area contributed by atoms with Gasteiger partial charge in [0.05, 0.1) is 0 Å². The van der Waals surface area contributed by atoms with E-state index in [1.807, 2.05) is 22.7 Å². The van der Waals surface area contributed by atoms with Crippen LogP contribution in [0.2, 0.25) is 0 Å². The van der Waals surface area contributed by atoms with Crippen molar-refractivity contribution in [2.45, 2.75) is 0 Å². The minimum atomic E-state index is 1.23. The number of hydrogen-bond donors (Lipinski definition) is 0. The summed E-state index contributed by atoms with van der Waals surface area (Å²) in [6.07, 6.45) is 0. The molecule has 0 spiro atoms. The van der Waals surface area contributed by atoms with Crippen LogP contribution >= 0.6 is 22.7 Å². The second kappa shape index (κ2) is 10.9. The molecule has 232 valence electrons. The van der Waals surface area contributed by atoms with Crippen molar-refractivity contribution >= 4 is 95.3 Å². The third kappa shape index (κ3) is 4.16. The largest absolute Gasteiger partial charge is 0.135 e. The van der Waals surface area contributed by atoms with Gasteiger partial charge in [-0.2, -0.15) is 0 Å². The van der Waals surface area contributed by atoms with Gasteiger partial charge in [-0.15, -0.1) is 22.7 Å². The van der Waals surface area contributed by atoms with E-state index in [1.54, 1.807) is 0 Å². The number of thiophene rings is 2. The first-order valence-electron chi connectivity index (χ1n) is 17.1. The van der Waals surface area contributed by atoms with Gasteiger partial charge in [0, 0.05) is 40.3 Å². The lowest BCUT2D eigenvalue weighted by Gasteiger charge is -2.18. The molecular weight excluding hydrogens is 641 g/mol. The van der Waals surface area contributed by atoms with E-state index in [1.165, 1.54) is 106 Å². The zero-order valence-electron chi connectivity index (χ0n) is 27.0. The molecule has 0 N–H and O–H groups in total. The maximum Gasteiger partial charge on any atom is 0.0370 e. The van der Waals surface area contributed by atoms with Crippen LogP contribution in [0.5, 0.6) is 0 Å². The molecule has 0 aliphatic heterocycles. The predicted molar refractivity (Wildman–Crippen MR) is 221 cm³/mol. The zero-order chi connectivity index (χ0) is 32.8. The second-order valence-corrected chi connectivity index (χ2v) is 15.4. The Morgan fingerprint density at radius 2 is 0.760 bits per heavy atom. The minimum Gasteiger partial charge on any atom is -0.135 e. The Hall–Kier alpha value is -5.80. The summed E-state index contributed by atoms with van der Waals surface area (Å²) < 4.78 is 5.41. The van der Waals surface area contributed by atoms with Crippen molar-refractivity contribution in [3.63, 3.8) is 0 Å². The van der Waals surface area contributed by atoms with Gasteiger partial charge in [0.2, 0.25) is 0 Å². The van der Waals surface area contributed by atoms with Crippen molar-refractivity contribution in [2.75, 3.05) is 0 Å². The van der Waals surface area contributed by atoms with Gasteiger partial charge in [0.15, 0.2) is 0 Å². The first kappa shape index (κ1) is 28.1. The van der Waals surface area contributed by atoms with E-state index in [0.717, 1.165) is 0 Å². The van der Waals surface area contributed by atoms with Crippen molar-refractivity contribution in [1.29, 1.82) is 0 Å². The average Bonchev–Trinajstić information content (AvgIpc) is 3.73. The molecule has 50 heavy (non-hydrogen) atoms. The molecule has 11 aromatic rings. The van der Waals surface area contributed by atoms with E-state index < -0.39 is 0 Å². The van der Waals surface area contributed by atoms with Crippen molar-refractivity contribution in [1.82, 2.24) is 0 Å². The van der Waals surface area contributed by atoms with Gasteiger partial charge in [-0.25, -0.2) is 0 Å². The Labute approximate surface area is 297 Å². The molecule has 0 atom stereocenters. The first-order chi connectivity index (χ1) is 24.8.